The van der Waals surface area contributed by atoms with E-state index in [1.54, 1.807) is 11.8 Å². The minimum absolute atomic E-state index is 0.0315. The van der Waals surface area contributed by atoms with Crippen LogP contribution >= 0.6 is 23.5 Å². The largest absolute Gasteiger partial charge is 0.479 e. The van der Waals surface area contributed by atoms with Crippen LogP contribution < -0.4 is 0 Å². The second-order valence-corrected chi connectivity index (χ2v) is 7.21. The van der Waals surface area contributed by atoms with Crippen LogP contribution in [-0.2, 0) is 15.3 Å². The second kappa shape index (κ2) is 6.15. The lowest BCUT2D eigenvalue weighted by atomic mass is 10.1. The summed E-state index contributed by atoms with van der Waals surface area (Å²) in [4.78, 5) is 25.1. The van der Waals surface area contributed by atoms with Crippen LogP contribution in [0.4, 0.5) is 0 Å². The third-order valence-electron chi connectivity index (χ3n) is 3.52. The fourth-order valence-corrected chi connectivity index (χ4v) is 4.83. The fraction of sp³-hybridized carbons (Fsp3) is 0.333. The number of carbonyl (C=O) groups excluding carboxylic acids is 1. The van der Waals surface area contributed by atoms with Gasteiger partial charge in [0.25, 0.3) is 0 Å². The number of carboxylic acid groups (broad SMARTS) is 1. The van der Waals surface area contributed by atoms with Gasteiger partial charge in [-0.15, -0.1) is 11.8 Å². The summed E-state index contributed by atoms with van der Waals surface area (Å²) < 4.78 is 0. The molecule has 21 heavy (non-hydrogen) atoms. The van der Waals surface area contributed by atoms with E-state index in [-0.39, 0.29) is 11.3 Å². The van der Waals surface area contributed by atoms with E-state index in [0.717, 1.165) is 16.4 Å². The minimum Gasteiger partial charge on any atom is -0.479 e. The molecule has 0 aliphatic carbocycles. The summed E-state index contributed by atoms with van der Waals surface area (Å²) >= 11 is 3.26. The summed E-state index contributed by atoms with van der Waals surface area (Å²) in [6.07, 6.45) is 2.42. The molecule has 0 radical (unpaired) electrons. The highest BCUT2D eigenvalue weighted by Crippen LogP contribution is 2.46. The van der Waals surface area contributed by atoms with Gasteiger partial charge in [-0.25, -0.2) is 4.79 Å². The number of aliphatic carboxylic acids is 1. The molecule has 2 aliphatic heterocycles. The van der Waals surface area contributed by atoms with E-state index in [1.165, 1.54) is 22.2 Å². The Morgan fingerprint density at radius 1 is 1.43 bits per heavy atom. The van der Waals surface area contributed by atoms with Crippen molar-refractivity contribution in [1.29, 1.82) is 0 Å². The molecule has 2 saturated heterocycles. The van der Waals surface area contributed by atoms with E-state index in [0.29, 0.717) is 6.42 Å². The highest BCUT2D eigenvalue weighted by atomic mass is 32.2. The lowest BCUT2D eigenvalue weighted by Gasteiger charge is -2.35. The third kappa shape index (κ3) is 2.96. The third-order valence-corrected chi connectivity index (χ3v) is 5.78. The summed E-state index contributed by atoms with van der Waals surface area (Å²) in [5.41, 5.74) is 1.26. The molecule has 1 amide bonds. The van der Waals surface area contributed by atoms with Crippen LogP contribution in [0.1, 0.15) is 12.0 Å². The normalized spacial score (nSPS) is 25.8. The number of thioether (sulfide) groups is 2. The number of nitrogens with zero attached hydrogens (tertiary/aromatic N) is 1. The Hall–Kier alpha value is -1.40. The molecule has 1 aromatic carbocycles. The average molecular weight is 321 g/mol. The molecule has 110 valence electrons. The van der Waals surface area contributed by atoms with Crippen molar-refractivity contribution in [2.75, 3.05) is 5.75 Å². The van der Waals surface area contributed by atoms with Gasteiger partial charge in [-0.1, -0.05) is 36.4 Å². The zero-order chi connectivity index (χ0) is 14.8. The van der Waals surface area contributed by atoms with Crippen molar-refractivity contribution in [1.82, 2.24) is 4.90 Å². The van der Waals surface area contributed by atoms with E-state index in [1.807, 2.05) is 24.3 Å². The second-order valence-electron chi connectivity index (χ2n) is 4.93. The van der Waals surface area contributed by atoms with Gasteiger partial charge < -0.3 is 10.0 Å². The standard InChI is InChI=1S/C15H15NO3S2/c17-12-8-13-16(12)14(15(18)19)11(21-13)6-7-20-9-10-4-2-1-3-5-10/h1-6,13-14H,7-9H2,(H,18,19)/b11-6-/t13-,14?/m1/s1. The zero-order valence-corrected chi connectivity index (χ0v) is 12.9. The quantitative estimate of drug-likeness (QED) is 0.667. The molecular formula is C15H15NO3S2. The summed E-state index contributed by atoms with van der Waals surface area (Å²) in [6.45, 7) is 0. The van der Waals surface area contributed by atoms with Gasteiger partial charge >= 0.3 is 5.97 Å². The first kappa shape index (κ1) is 14.5. The van der Waals surface area contributed by atoms with Crippen molar-refractivity contribution in [2.24, 2.45) is 0 Å². The number of β-lactam (4-membered cyclic amide) rings is 1. The number of benzene rings is 1. The highest BCUT2D eigenvalue weighted by Gasteiger charge is 2.52. The monoisotopic (exact) mass is 321 g/mol. The smallest absolute Gasteiger partial charge is 0.331 e. The molecule has 1 unspecified atom stereocenters. The van der Waals surface area contributed by atoms with Gasteiger partial charge in [-0.3, -0.25) is 4.79 Å². The van der Waals surface area contributed by atoms with Gasteiger partial charge in [0.15, 0.2) is 6.04 Å². The fourth-order valence-electron chi connectivity index (χ4n) is 2.46. The van der Waals surface area contributed by atoms with Crippen molar-refractivity contribution in [3.05, 3.63) is 46.9 Å². The van der Waals surface area contributed by atoms with Crippen molar-refractivity contribution in [3.8, 4) is 0 Å². The Morgan fingerprint density at radius 3 is 2.86 bits per heavy atom. The first-order valence-corrected chi connectivity index (χ1v) is 8.72. The molecule has 2 heterocycles. The maximum Gasteiger partial charge on any atom is 0.331 e. The number of amides is 1. The lowest BCUT2D eigenvalue weighted by Crippen LogP contribution is -2.53. The van der Waals surface area contributed by atoms with Gasteiger partial charge in [0.05, 0.1) is 11.8 Å². The summed E-state index contributed by atoms with van der Waals surface area (Å²) in [6, 6.07) is 9.41. The molecule has 0 spiro atoms. The van der Waals surface area contributed by atoms with Crippen molar-refractivity contribution in [2.45, 2.75) is 23.6 Å². The first-order chi connectivity index (χ1) is 10.2. The minimum atomic E-state index is -0.933. The zero-order valence-electron chi connectivity index (χ0n) is 11.3. The molecule has 3 rings (SSSR count). The van der Waals surface area contributed by atoms with E-state index in [2.05, 4.69) is 12.1 Å². The molecule has 1 aromatic rings. The van der Waals surface area contributed by atoms with Crippen LogP contribution in [0.5, 0.6) is 0 Å². The molecule has 6 heteroatoms. The number of hydrogen-bond donors (Lipinski definition) is 1. The number of hydrogen-bond acceptors (Lipinski definition) is 4. The molecular weight excluding hydrogens is 306 g/mol. The van der Waals surface area contributed by atoms with Crippen LogP contribution in [0.2, 0.25) is 0 Å². The lowest BCUT2D eigenvalue weighted by molar-refractivity contribution is -0.154. The summed E-state index contributed by atoms with van der Waals surface area (Å²) in [5.74, 6) is 0.673. The number of fused-ring (bicyclic) bond motifs is 1. The van der Waals surface area contributed by atoms with E-state index in [9.17, 15) is 14.7 Å². The van der Waals surface area contributed by atoms with Crippen LogP contribution in [0.25, 0.3) is 0 Å². The molecule has 1 N–H and O–H groups in total. The Morgan fingerprint density at radius 2 is 2.19 bits per heavy atom. The van der Waals surface area contributed by atoms with Crippen LogP contribution in [0.3, 0.4) is 0 Å². The van der Waals surface area contributed by atoms with Crippen LogP contribution in [-0.4, -0.2) is 39.1 Å². The average Bonchev–Trinajstić information content (AvgIpc) is 2.77. The Labute approximate surface area is 131 Å². The number of carboxylic acids is 1. The number of carbonyl (C=O) groups is 2. The number of rotatable bonds is 5. The molecule has 0 aromatic heterocycles. The Bertz CT molecular complexity index is 588. The van der Waals surface area contributed by atoms with Crippen molar-refractivity contribution in [3.63, 3.8) is 0 Å². The van der Waals surface area contributed by atoms with E-state index >= 15 is 0 Å². The van der Waals surface area contributed by atoms with Gasteiger partial charge in [0, 0.05) is 16.4 Å². The highest BCUT2D eigenvalue weighted by molar-refractivity contribution is 8.04. The van der Waals surface area contributed by atoms with E-state index in [4.69, 9.17) is 0 Å². The SMILES string of the molecule is O=C(O)C1/C(=C/CSCc2ccccc2)S[C@@H]2CC(=O)N12. The Balaban J connectivity index is 1.58. The van der Waals surface area contributed by atoms with E-state index < -0.39 is 12.0 Å². The topological polar surface area (TPSA) is 57.6 Å². The Kier molecular flexibility index (Phi) is 4.26. The first-order valence-electron chi connectivity index (χ1n) is 6.69. The van der Waals surface area contributed by atoms with Crippen molar-refractivity contribution >= 4 is 35.4 Å². The van der Waals surface area contributed by atoms with Crippen LogP contribution in [0.15, 0.2) is 41.3 Å². The molecule has 2 atom stereocenters. The maximum absolute atomic E-state index is 11.5. The van der Waals surface area contributed by atoms with Gasteiger partial charge in [-0.05, 0) is 5.56 Å². The molecule has 2 fully saturated rings. The van der Waals surface area contributed by atoms with Gasteiger partial charge in [-0.2, -0.15) is 11.8 Å². The predicted molar refractivity (Wildman–Crippen MR) is 85.0 cm³/mol. The molecule has 4 nitrogen and oxygen atoms in total. The summed E-state index contributed by atoms with van der Waals surface area (Å²) in [7, 11) is 0. The predicted octanol–water partition coefficient (Wildman–Crippen LogP) is 2.56. The molecule has 0 bridgehead atoms. The maximum atomic E-state index is 11.5. The van der Waals surface area contributed by atoms with Gasteiger partial charge in [0.1, 0.15) is 0 Å². The molecule has 0 saturated carbocycles. The summed E-state index contributed by atoms with van der Waals surface area (Å²) in [5, 5.41) is 9.33. The van der Waals surface area contributed by atoms with Crippen LogP contribution in [0, 0.1) is 0 Å². The van der Waals surface area contributed by atoms with Crippen molar-refractivity contribution < 1.29 is 14.7 Å². The molecule has 2 aliphatic rings. The van der Waals surface area contributed by atoms with Gasteiger partial charge in [0.2, 0.25) is 5.91 Å².